The molecule has 2 rings (SSSR count). The van der Waals surface area contributed by atoms with E-state index in [1.165, 1.54) is 6.33 Å². The molecule has 0 radical (unpaired) electrons. The molecule has 0 aliphatic heterocycles. The van der Waals surface area contributed by atoms with Crippen LogP contribution in [0.3, 0.4) is 0 Å². The van der Waals surface area contributed by atoms with E-state index in [4.69, 9.17) is 17.4 Å². The standard InChI is InChI=1S/C11H13BrClN5/c1-18-11(15-6-16-18)5-10(17-14)7-2-3-9(13)8(12)4-7/h2-4,6,10,17H,5,14H2,1H3. The lowest BCUT2D eigenvalue weighted by Crippen LogP contribution is -2.30. The largest absolute Gasteiger partial charge is 0.271 e. The highest BCUT2D eigenvalue weighted by atomic mass is 79.9. The summed E-state index contributed by atoms with van der Waals surface area (Å²) in [5, 5.41) is 4.71. The van der Waals surface area contributed by atoms with Crippen LogP contribution in [0.15, 0.2) is 29.0 Å². The first-order chi connectivity index (χ1) is 8.61. The van der Waals surface area contributed by atoms with Gasteiger partial charge in [0, 0.05) is 17.9 Å². The van der Waals surface area contributed by atoms with E-state index in [0.717, 1.165) is 15.9 Å². The number of nitrogens with zero attached hydrogens (tertiary/aromatic N) is 3. The normalized spacial score (nSPS) is 12.7. The Balaban J connectivity index is 2.23. The van der Waals surface area contributed by atoms with Crippen molar-refractivity contribution < 1.29 is 0 Å². The summed E-state index contributed by atoms with van der Waals surface area (Å²) in [6.07, 6.45) is 2.18. The van der Waals surface area contributed by atoms with Gasteiger partial charge in [0.15, 0.2) is 0 Å². The van der Waals surface area contributed by atoms with Crippen LogP contribution in [0.25, 0.3) is 0 Å². The highest BCUT2D eigenvalue weighted by Crippen LogP contribution is 2.26. The average molecular weight is 331 g/mol. The monoisotopic (exact) mass is 329 g/mol. The number of hydrogen-bond acceptors (Lipinski definition) is 4. The van der Waals surface area contributed by atoms with Gasteiger partial charge in [-0.05, 0) is 33.6 Å². The van der Waals surface area contributed by atoms with E-state index in [1.807, 2.05) is 25.2 Å². The summed E-state index contributed by atoms with van der Waals surface area (Å²) in [7, 11) is 1.85. The van der Waals surface area contributed by atoms with Crippen molar-refractivity contribution in [3.63, 3.8) is 0 Å². The maximum atomic E-state index is 5.97. The zero-order chi connectivity index (χ0) is 13.1. The second-order valence-corrected chi connectivity index (χ2v) is 5.16. The quantitative estimate of drug-likeness (QED) is 0.664. The minimum atomic E-state index is -0.0403. The van der Waals surface area contributed by atoms with Gasteiger partial charge in [0.1, 0.15) is 12.2 Å². The fourth-order valence-corrected chi connectivity index (χ4v) is 2.20. The average Bonchev–Trinajstić information content (AvgIpc) is 2.75. The van der Waals surface area contributed by atoms with Crippen LogP contribution in [0.4, 0.5) is 0 Å². The van der Waals surface area contributed by atoms with Crippen molar-refractivity contribution >= 4 is 27.5 Å². The van der Waals surface area contributed by atoms with Crippen molar-refractivity contribution in [2.24, 2.45) is 12.9 Å². The zero-order valence-electron chi connectivity index (χ0n) is 9.77. The Kier molecular flexibility index (Phi) is 4.34. The van der Waals surface area contributed by atoms with Gasteiger partial charge in [-0.15, -0.1) is 0 Å². The Morgan fingerprint density at radius 2 is 2.33 bits per heavy atom. The van der Waals surface area contributed by atoms with Gasteiger partial charge in [-0.3, -0.25) is 16.0 Å². The third kappa shape index (κ3) is 2.89. The molecule has 1 atom stereocenters. The summed E-state index contributed by atoms with van der Waals surface area (Å²) >= 11 is 9.37. The van der Waals surface area contributed by atoms with Gasteiger partial charge in [-0.25, -0.2) is 4.98 Å². The molecule has 0 spiro atoms. The molecule has 18 heavy (non-hydrogen) atoms. The molecule has 0 fully saturated rings. The summed E-state index contributed by atoms with van der Waals surface area (Å²) in [6, 6.07) is 5.68. The number of nitrogens with two attached hydrogens (primary N) is 1. The van der Waals surface area contributed by atoms with Crippen molar-refractivity contribution in [3.05, 3.63) is 45.4 Å². The molecule has 1 aromatic carbocycles. The fraction of sp³-hybridized carbons (Fsp3) is 0.273. The van der Waals surface area contributed by atoms with E-state index in [0.29, 0.717) is 11.4 Å². The fourth-order valence-electron chi connectivity index (χ4n) is 1.69. The molecule has 7 heteroatoms. The number of benzene rings is 1. The highest BCUT2D eigenvalue weighted by molar-refractivity contribution is 9.10. The molecule has 0 saturated heterocycles. The predicted octanol–water partition coefficient (Wildman–Crippen LogP) is 1.98. The highest BCUT2D eigenvalue weighted by Gasteiger charge is 2.14. The number of aryl methyl sites for hydroxylation is 1. The topological polar surface area (TPSA) is 68.8 Å². The van der Waals surface area contributed by atoms with Crippen LogP contribution >= 0.6 is 27.5 Å². The molecular formula is C11H13BrClN5. The van der Waals surface area contributed by atoms with E-state index in [-0.39, 0.29) is 6.04 Å². The first-order valence-electron chi connectivity index (χ1n) is 5.35. The molecule has 2 aromatic rings. The van der Waals surface area contributed by atoms with Crippen LogP contribution in [0, 0.1) is 0 Å². The van der Waals surface area contributed by atoms with Crippen molar-refractivity contribution in [2.75, 3.05) is 0 Å². The molecule has 3 N–H and O–H groups in total. The van der Waals surface area contributed by atoms with Gasteiger partial charge in [0.2, 0.25) is 0 Å². The molecule has 0 saturated carbocycles. The first-order valence-corrected chi connectivity index (χ1v) is 6.53. The van der Waals surface area contributed by atoms with E-state index >= 15 is 0 Å². The van der Waals surface area contributed by atoms with Gasteiger partial charge >= 0.3 is 0 Å². The smallest absolute Gasteiger partial charge is 0.138 e. The van der Waals surface area contributed by atoms with Crippen LogP contribution in [0.1, 0.15) is 17.4 Å². The van der Waals surface area contributed by atoms with Gasteiger partial charge in [-0.2, -0.15) is 5.10 Å². The van der Waals surface area contributed by atoms with Gasteiger partial charge in [0.25, 0.3) is 0 Å². The Morgan fingerprint density at radius 3 is 2.89 bits per heavy atom. The van der Waals surface area contributed by atoms with E-state index in [2.05, 4.69) is 31.4 Å². The minimum Gasteiger partial charge on any atom is -0.271 e. The molecule has 1 heterocycles. The molecule has 0 bridgehead atoms. The lowest BCUT2D eigenvalue weighted by atomic mass is 10.0. The third-order valence-electron chi connectivity index (χ3n) is 2.74. The van der Waals surface area contributed by atoms with E-state index < -0.39 is 0 Å². The lowest BCUT2D eigenvalue weighted by Gasteiger charge is -2.16. The van der Waals surface area contributed by atoms with Crippen molar-refractivity contribution in [2.45, 2.75) is 12.5 Å². The second-order valence-electron chi connectivity index (χ2n) is 3.90. The zero-order valence-corrected chi connectivity index (χ0v) is 12.1. The van der Waals surface area contributed by atoms with Crippen molar-refractivity contribution in [1.29, 1.82) is 0 Å². The van der Waals surface area contributed by atoms with Crippen LogP contribution in [0.5, 0.6) is 0 Å². The molecule has 5 nitrogen and oxygen atoms in total. The van der Waals surface area contributed by atoms with Gasteiger partial charge in [-0.1, -0.05) is 17.7 Å². The minimum absolute atomic E-state index is 0.0403. The molecule has 0 amide bonds. The predicted molar refractivity (Wildman–Crippen MR) is 73.9 cm³/mol. The maximum Gasteiger partial charge on any atom is 0.138 e. The number of hydrogen-bond donors (Lipinski definition) is 2. The summed E-state index contributed by atoms with van der Waals surface area (Å²) in [4.78, 5) is 4.19. The molecular weight excluding hydrogens is 318 g/mol. The second kappa shape index (κ2) is 5.79. The molecule has 1 aromatic heterocycles. The summed E-state index contributed by atoms with van der Waals surface area (Å²) < 4.78 is 2.58. The van der Waals surface area contributed by atoms with Crippen molar-refractivity contribution in [1.82, 2.24) is 20.2 Å². The van der Waals surface area contributed by atoms with Crippen LogP contribution < -0.4 is 11.3 Å². The Hall–Kier alpha value is -0.950. The summed E-state index contributed by atoms with van der Waals surface area (Å²) in [6.45, 7) is 0. The third-order valence-corrected chi connectivity index (χ3v) is 3.95. The Morgan fingerprint density at radius 1 is 1.56 bits per heavy atom. The SMILES string of the molecule is Cn1ncnc1CC(NN)c1ccc(Cl)c(Br)c1. The van der Waals surface area contributed by atoms with E-state index in [9.17, 15) is 0 Å². The molecule has 0 aliphatic rings. The molecule has 96 valence electrons. The van der Waals surface area contributed by atoms with Crippen LogP contribution in [-0.4, -0.2) is 14.8 Å². The van der Waals surface area contributed by atoms with Crippen LogP contribution in [-0.2, 0) is 13.5 Å². The number of aromatic nitrogens is 3. The number of rotatable bonds is 4. The summed E-state index contributed by atoms with van der Waals surface area (Å²) in [5.74, 6) is 6.47. The van der Waals surface area contributed by atoms with E-state index in [1.54, 1.807) is 4.68 Å². The van der Waals surface area contributed by atoms with Gasteiger partial charge in [0.05, 0.1) is 11.1 Å². The Bertz CT molecular complexity index is 542. The molecule has 0 aliphatic carbocycles. The number of hydrazine groups is 1. The maximum absolute atomic E-state index is 5.97. The molecule has 1 unspecified atom stereocenters. The van der Waals surface area contributed by atoms with Crippen LogP contribution in [0.2, 0.25) is 5.02 Å². The number of nitrogens with one attached hydrogen (secondary N) is 1. The van der Waals surface area contributed by atoms with Gasteiger partial charge < -0.3 is 0 Å². The lowest BCUT2D eigenvalue weighted by molar-refractivity contribution is 0.523. The number of halogens is 2. The summed E-state index contributed by atoms with van der Waals surface area (Å²) in [5.41, 5.74) is 3.82. The Labute approximate surface area is 118 Å². The van der Waals surface area contributed by atoms with Crippen molar-refractivity contribution in [3.8, 4) is 0 Å². The first kappa shape index (κ1) is 13.5.